The fourth-order valence-corrected chi connectivity index (χ4v) is 5.21. The number of anilines is 1. The molecule has 1 aliphatic heterocycles. The molecule has 0 bridgehead atoms. The van der Waals surface area contributed by atoms with Gasteiger partial charge in [0.15, 0.2) is 0 Å². The van der Waals surface area contributed by atoms with Gasteiger partial charge >= 0.3 is 5.91 Å². The molecule has 0 aliphatic carbocycles. The molecule has 212 valence electrons. The number of fused-ring (bicyclic) bond motifs is 1. The predicted octanol–water partition coefficient (Wildman–Crippen LogP) is 6.93. The molecule has 1 aliphatic rings. The highest BCUT2D eigenvalue weighted by atomic mass is 19.1. The van der Waals surface area contributed by atoms with E-state index in [1.54, 1.807) is 25.3 Å². The summed E-state index contributed by atoms with van der Waals surface area (Å²) in [4.78, 5) is 36.0. The van der Waals surface area contributed by atoms with Crippen LogP contribution in [0.4, 0.5) is 10.3 Å². The number of halogens is 1. The number of aliphatic hydroxyl groups is 1. The van der Waals surface area contributed by atoms with Gasteiger partial charge in [-0.25, -0.2) is 9.37 Å². The molecule has 2 heterocycles. The van der Waals surface area contributed by atoms with Gasteiger partial charge in [0, 0.05) is 11.1 Å². The minimum atomic E-state index is -0.977. The third-order valence-corrected chi connectivity index (χ3v) is 7.48. The lowest BCUT2D eigenvalue weighted by molar-refractivity contribution is -0.132. The second kappa shape index (κ2) is 9.87. The Bertz CT molecular complexity index is 1710. The monoisotopic (exact) mass is 555 g/mol. The Morgan fingerprint density at radius 2 is 1.63 bits per heavy atom. The summed E-state index contributed by atoms with van der Waals surface area (Å²) in [5, 5.41) is 11.7. The first-order valence-electron chi connectivity index (χ1n) is 13.5. The van der Waals surface area contributed by atoms with Crippen LogP contribution in [0.1, 0.15) is 69.8 Å². The summed E-state index contributed by atoms with van der Waals surface area (Å²) in [6, 6.07) is 15.9. The highest BCUT2D eigenvalue weighted by Crippen LogP contribution is 2.43. The minimum absolute atomic E-state index is 0.0600. The van der Waals surface area contributed by atoms with Gasteiger partial charge in [0.1, 0.15) is 17.3 Å². The highest BCUT2D eigenvalue weighted by Gasteiger charge is 2.48. The number of H-pyrrole nitrogens is 1. The first-order chi connectivity index (χ1) is 19.2. The molecular weight excluding hydrogens is 521 g/mol. The molecule has 1 unspecified atom stereocenters. The smallest absolute Gasteiger partial charge is 0.302 e. The van der Waals surface area contributed by atoms with Crippen LogP contribution in [0, 0.1) is 5.82 Å². The summed E-state index contributed by atoms with van der Waals surface area (Å²) in [6.45, 7) is 12.4. The molecule has 7 nitrogen and oxygen atoms in total. The molecule has 1 atom stereocenters. The van der Waals surface area contributed by atoms with E-state index in [0.29, 0.717) is 27.9 Å². The van der Waals surface area contributed by atoms with Crippen molar-refractivity contribution >= 4 is 34.4 Å². The SMILES string of the molecule is COc1ccc(/C(O)=C2\C(=O)C(=O)N(c3nc4ccc(F)cc4[nH]3)C2c2ccc(C(C)(C)C)cc2)cc1C(C)(C)C. The zero-order chi connectivity index (χ0) is 29.9. The van der Waals surface area contributed by atoms with Crippen molar-refractivity contribution in [1.29, 1.82) is 0 Å². The van der Waals surface area contributed by atoms with Gasteiger partial charge in [0.25, 0.3) is 5.78 Å². The van der Waals surface area contributed by atoms with E-state index in [2.05, 4.69) is 30.7 Å². The van der Waals surface area contributed by atoms with E-state index in [1.165, 1.54) is 23.1 Å². The number of carbonyl (C=O) groups is 2. The third kappa shape index (κ3) is 4.99. The van der Waals surface area contributed by atoms with E-state index >= 15 is 0 Å². The number of aliphatic hydroxyl groups excluding tert-OH is 1. The van der Waals surface area contributed by atoms with E-state index < -0.39 is 23.5 Å². The zero-order valence-electron chi connectivity index (χ0n) is 24.3. The average molecular weight is 556 g/mol. The van der Waals surface area contributed by atoms with E-state index in [1.807, 2.05) is 45.0 Å². The number of nitrogens with one attached hydrogen (secondary N) is 1. The molecule has 4 aromatic rings. The highest BCUT2D eigenvalue weighted by molar-refractivity contribution is 6.51. The lowest BCUT2D eigenvalue weighted by Gasteiger charge is -2.25. The number of carbonyl (C=O) groups excluding carboxylic acids is 2. The molecule has 8 heteroatoms. The summed E-state index contributed by atoms with van der Waals surface area (Å²) in [5.41, 5.74) is 3.24. The third-order valence-electron chi connectivity index (χ3n) is 7.48. The molecular formula is C33H34FN3O4. The van der Waals surface area contributed by atoms with Crippen LogP contribution in [0.5, 0.6) is 5.75 Å². The lowest BCUT2D eigenvalue weighted by Crippen LogP contribution is -2.30. The van der Waals surface area contributed by atoms with Crippen LogP contribution in [0.2, 0.25) is 0 Å². The summed E-state index contributed by atoms with van der Waals surface area (Å²) < 4.78 is 19.5. The van der Waals surface area contributed by atoms with Crippen LogP contribution >= 0.6 is 0 Å². The number of methoxy groups -OCH3 is 1. The van der Waals surface area contributed by atoms with Gasteiger partial charge in [-0.15, -0.1) is 0 Å². The number of imidazole rings is 1. The van der Waals surface area contributed by atoms with Crippen LogP contribution < -0.4 is 9.64 Å². The number of aromatic amines is 1. The first-order valence-corrected chi connectivity index (χ1v) is 13.5. The topological polar surface area (TPSA) is 95.5 Å². The number of Topliss-reactive ketones (excluding diaryl/α,β-unsaturated/α-hetero) is 1. The van der Waals surface area contributed by atoms with Crippen LogP contribution in [0.15, 0.2) is 66.2 Å². The summed E-state index contributed by atoms with van der Waals surface area (Å²) in [5.74, 6) is -1.71. The van der Waals surface area contributed by atoms with Crippen molar-refractivity contribution in [3.63, 3.8) is 0 Å². The Balaban J connectivity index is 1.73. The number of rotatable bonds is 4. The summed E-state index contributed by atoms with van der Waals surface area (Å²) in [6.07, 6.45) is 0. The van der Waals surface area contributed by atoms with Gasteiger partial charge in [-0.2, -0.15) is 0 Å². The second-order valence-electron chi connectivity index (χ2n) is 12.4. The van der Waals surface area contributed by atoms with Crippen LogP contribution in [0.3, 0.4) is 0 Å². The maximum absolute atomic E-state index is 13.9. The van der Waals surface area contributed by atoms with E-state index in [-0.39, 0.29) is 28.1 Å². The quantitative estimate of drug-likeness (QED) is 0.162. The van der Waals surface area contributed by atoms with Crippen LogP contribution in [-0.2, 0) is 20.4 Å². The Morgan fingerprint density at radius 1 is 0.951 bits per heavy atom. The van der Waals surface area contributed by atoms with Crippen molar-refractivity contribution in [2.75, 3.05) is 12.0 Å². The fraction of sp³-hybridized carbons (Fsp3) is 0.303. The van der Waals surface area contributed by atoms with Gasteiger partial charge in [0.2, 0.25) is 5.95 Å². The first kappa shape index (κ1) is 28.1. The molecule has 2 N–H and O–H groups in total. The molecule has 1 fully saturated rings. The van der Waals surface area contributed by atoms with Crippen molar-refractivity contribution in [1.82, 2.24) is 9.97 Å². The van der Waals surface area contributed by atoms with Gasteiger partial charge < -0.3 is 14.8 Å². The number of nitrogens with zero attached hydrogens (tertiary/aromatic N) is 2. The average Bonchev–Trinajstić information content (AvgIpc) is 3.44. The summed E-state index contributed by atoms with van der Waals surface area (Å²) >= 11 is 0. The number of aromatic nitrogens is 2. The Kier molecular flexibility index (Phi) is 6.76. The number of ketones is 1. The molecule has 5 rings (SSSR count). The number of hydrogen-bond donors (Lipinski definition) is 2. The van der Waals surface area contributed by atoms with Gasteiger partial charge in [-0.05, 0) is 58.4 Å². The fourth-order valence-electron chi connectivity index (χ4n) is 5.21. The van der Waals surface area contributed by atoms with Gasteiger partial charge in [-0.1, -0.05) is 65.8 Å². The summed E-state index contributed by atoms with van der Waals surface area (Å²) in [7, 11) is 1.58. The normalized spacial score (nSPS) is 17.5. The molecule has 1 amide bonds. The molecule has 0 spiro atoms. The van der Waals surface area contributed by atoms with E-state index in [4.69, 9.17) is 4.74 Å². The molecule has 3 aromatic carbocycles. The number of hydrogen-bond acceptors (Lipinski definition) is 5. The Morgan fingerprint density at radius 3 is 2.24 bits per heavy atom. The van der Waals surface area contributed by atoms with Gasteiger partial charge in [0.05, 0.1) is 29.8 Å². The van der Waals surface area contributed by atoms with Crippen molar-refractivity contribution in [3.05, 3.63) is 94.3 Å². The maximum atomic E-state index is 13.9. The van der Waals surface area contributed by atoms with E-state index in [0.717, 1.165) is 11.1 Å². The Labute approximate surface area is 238 Å². The Hall–Kier alpha value is -4.46. The zero-order valence-corrected chi connectivity index (χ0v) is 24.3. The standard InChI is InChI=1S/C33H34FN3O4/c1-32(2,3)20-11-8-18(9-12-20)27-26(28(38)19-10-15-25(41-7)22(16-19)33(4,5)6)29(39)30(40)37(27)31-35-23-14-13-21(34)17-24(23)36-31/h8-17,27,38H,1-7H3,(H,35,36)/b28-26+. The largest absolute Gasteiger partial charge is 0.507 e. The molecule has 0 saturated carbocycles. The van der Waals surface area contributed by atoms with E-state index in [9.17, 15) is 19.1 Å². The van der Waals surface area contributed by atoms with Crippen molar-refractivity contribution in [3.8, 4) is 5.75 Å². The molecule has 41 heavy (non-hydrogen) atoms. The minimum Gasteiger partial charge on any atom is -0.507 e. The van der Waals surface area contributed by atoms with Gasteiger partial charge in [-0.3, -0.25) is 14.5 Å². The van der Waals surface area contributed by atoms with Crippen molar-refractivity contribution in [2.24, 2.45) is 0 Å². The predicted molar refractivity (Wildman–Crippen MR) is 158 cm³/mol. The second-order valence-corrected chi connectivity index (χ2v) is 12.4. The molecule has 1 aromatic heterocycles. The maximum Gasteiger partial charge on any atom is 0.302 e. The molecule has 0 radical (unpaired) electrons. The van der Waals surface area contributed by atoms with Crippen molar-refractivity contribution < 1.29 is 23.8 Å². The van der Waals surface area contributed by atoms with Crippen LogP contribution in [-0.4, -0.2) is 33.9 Å². The number of amides is 1. The lowest BCUT2D eigenvalue weighted by atomic mass is 9.84. The number of ether oxygens (including phenoxy) is 1. The molecule has 1 saturated heterocycles. The van der Waals surface area contributed by atoms with Crippen LogP contribution in [0.25, 0.3) is 16.8 Å². The van der Waals surface area contributed by atoms with Crippen molar-refractivity contribution in [2.45, 2.75) is 58.4 Å². The number of benzene rings is 3.